The van der Waals surface area contributed by atoms with Crippen LogP contribution in [0.1, 0.15) is 5.56 Å². The predicted octanol–water partition coefficient (Wildman–Crippen LogP) is 3.38. The van der Waals surface area contributed by atoms with Gasteiger partial charge in [-0.3, -0.25) is 9.69 Å². The van der Waals surface area contributed by atoms with E-state index in [-0.39, 0.29) is 12.5 Å². The Morgan fingerprint density at radius 2 is 2.17 bits per heavy atom. The van der Waals surface area contributed by atoms with Crippen LogP contribution in [0.3, 0.4) is 0 Å². The molecule has 1 aromatic carbocycles. The summed E-state index contributed by atoms with van der Waals surface area (Å²) >= 11 is 9.07. The van der Waals surface area contributed by atoms with E-state index in [0.717, 1.165) is 15.7 Å². The first-order chi connectivity index (χ1) is 8.38. The number of amides is 1. The molecular formula is C13H16BrClN2O. The molecule has 0 aliphatic heterocycles. The number of benzene rings is 1. The summed E-state index contributed by atoms with van der Waals surface area (Å²) in [5.74, 6) is -0.0687. The lowest BCUT2D eigenvalue weighted by Gasteiger charge is -2.16. The van der Waals surface area contributed by atoms with Gasteiger partial charge in [0.15, 0.2) is 0 Å². The average molecular weight is 332 g/mol. The SMILES string of the molecule is C=C(Cl)CN(C)CC(=O)Nc1ccc(Br)cc1C. The Morgan fingerprint density at radius 1 is 1.50 bits per heavy atom. The van der Waals surface area contributed by atoms with E-state index in [0.29, 0.717) is 11.6 Å². The van der Waals surface area contributed by atoms with E-state index in [4.69, 9.17) is 11.6 Å². The minimum absolute atomic E-state index is 0.0687. The van der Waals surface area contributed by atoms with Gasteiger partial charge in [-0.25, -0.2) is 0 Å². The van der Waals surface area contributed by atoms with Crippen molar-refractivity contribution in [2.75, 3.05) is 25.5 Å². The molecule has 3 nitrogen and oxygen atoms in total. The normalized spacial score (nSPS) is 10.5. The Morgan fingerprint density at radius 3 is 2.72 bits per heavy atom. The van der Waals surface area contributed by atoms with Gasteiger partial charge in [0, 0.05) is 21.7 Å². The molecule has 0 saturated heterocycles. The lowest BCUT2D eigenvalue weighted by molar-refractivity contribution is -0.116. The van der Waals surface area contributed by atoms with Crippen molar-refractivity contribution in [1.29, 1.82) is 0 Å². The molecule has 0 heterocycles. The second-order valence-electron chi connectivity index (χ2n) is 4.20. The first-order valence-electron chi connectivity index (χ1n) is 5.46. The van der Waals surface area contributed by atoms with Crippen LogP contribution in [-0.4, -0.2) is 30.9 Å². The Labute approximate surface area is 121 Å². The average Bonchev–Trinajstić information content (AvgIpc) is 2.20. The minimum Gasteiger partial charge on any atom is -0.325 e. The summed E-state index contributed by atoms with van der Waals surface area (Å²) in [6.45, 7) is 6.32. The summed E-state index contributed by atoms with van der Waals surface area (Å²) in [5, 5.41) is 3.39. The van der Waals surface area contributed by atoms with Crippen molar-refractivity contribution >= 4 is 39.1 Å². The zero-order valence-electron chi connectivity index (χ0n) is 10.5. The van der Waals surface area contributed by atoms with Crippen molar-refractivity contribution in [3.63, 3.8) is 0 Å². The third-order valence-corrected chi connectivity index (χ3v) is 2.93. The molecule has 18 heavy (non-hydrogen) atoms. The number of aryl methyl sites for hydroxylation is 1. The zero-order chi connectivity index (χ0) is 13.7. The van der Waals surface area contributed by atoms with Gasteiger partial charge in [0.05, 0.1) is 6.54 Å². The third-order valence-electron chi connectivity index (χ3n) is 2.32. The van der Waals surface area contributed by atoms with Gasteiger partial charge in [-0.1, -0.05) is 34.1 Å². The van der Waals surface area contributed by atoms with E-state index in [1.54, 1.807) is 4.90 Å². The number of nitrogens with one attached hydrogen (secondary N) is 1. The Bertz CT molecular complexity index is 462. The van der Waals surface area contributed by atoms with E-state index in [1.807, 2.05) is 32.2 Å². The fourth-order valence-corrected chi connectivity index (χ4v) is 2.23. The van der Waals surface area contributed by atoms with Crippen LogP contribution in [0.15, 0.2) is 34.3 Å². The molecule has 0 spiro atoms. The number of hydrogen-bond acceptors (Lipinski definition) is 2. The first kappa shape index (κ1) is 15.2. The van der Waals surface area contributed by atoms with E-state index < -0.39 is 0 Å². The van der Waals surface area contributed by atoms with Crippen molar-refractivity contribution < 1.29 is 4.79 Å². The Balaban J connectivity index is 2.56. The van der Waals surface area contributed by atoms with E-state index in [2.05, 4.69) is 27.8 Å². The molecular weight excluding hydrogens is 316 g/mol. The second-order valence-corrected chi connectivity index (χ2v) is 5.65. The highest BCUT2D eigenvalue weighted by molar-refractivity contribution is 9.10. The van der Waals surface area contributed by atoms with Crippen molar-refractivity contribution in [3.05, 3.63) is 39.8 Å². The molecule has 0 atom stereocenters. The number of carbonyl (C=O) groups is 1. The van der Waals surface area contributed by atoms with E-state index >= 15 is 0 Å². The van der Waals surface area contributed by atoms with Crippen LogP contribution in [0.2, 0.25) is 0 Å². The molecule has 0 aromatic heterocycles. The van der Waals surface area contributed by atoms with Crippen molar-refractivity contribution in [2.45, 2.75) is 6.92 Å². The molecule has 0 aliphatic carbocycles. The van der Waals surface area contributed by atoms with E-state index in [9.17, 15) is 4.79 Å². The lowest BCUT2D eigenvalue weighted by Crippen LogP contribution is -2.31. The van der Waals surface area contributed by atoms with Crippen LogP contribution in [-0.2, 0) is 4.79 Å². The molecule has 5 heteroatoms. The summed E-state index contributed by atoms with van der Waals surface area (Å²) in [4.78, 5) is 13.6. The van der Waals surface area contributed by atoms with Gasteiger partial charge in [-0.05, 0) is 37.7 Å². The minimum atomic E-state index is -0.0687. The van der Waals surface area contributed by atoms with Gasteiger partial charge in [0.25, 0.3) is 0 Å². The number of carbonyl (C=O) groups excluding carboxylic acids is 1. The summed E-state index contributed by atoms with van der Waals surface area (Å²) in [7, 11) is 1.82. The summed E-state index contributed by atoms with van der Waals surface area (Å²) in [5.41, 5.74) is 1.84. The summed E-state index contributed by atoms with van der Waals surface area (Å²) in [6, 6.07) is 5.73. The monoisotopic (exact) mass is 330 g/mol. The predicted molar refractivity (Wildman–Crippen MR) is 80.0 cm³/mol. The highest BCUT2D eigenvalue weighted by atomic mass is 79.9. The van der Waals surface area contributed by atoms with Gasteiger partial charge in [-0.15, -0.1) is 0 Å². The quantitative estimate of drug-likeness (QED) is 0.897. The molecule has 1 amide bonds. The molecule has 0 fully saturated rings. The number of halogens is 2. The van der Waals surface area contributed by atoms with Gasteiger partial charge >= 0.3 is 0 Å². The molecule has 1 rings (SSSR count). The second kappa shape index (κ2) is 6.92. The van der Waals surface area contributed by atoms with Crippen molar-refractivity contribution in [2.24, 2.45) is 0 Å². The number of likely N-dealkylation sites (N-methyl/N-ethyl adjacent to an activating group) is 1. The Kier molecular flexibility index (Phi) is 5.85. The molecule has 0 bridgehead atoms. The van der Waals surface area contributed by atoms with Crippen LogP contribution in [0.25, 0.3) is 0 Å². The van der Waals surface area contributed by atoms with Crippen molar-refractivity contribution in [3.8, 4) is 0 Å². The fraction of sp³-hybridized carbons (Fsp3) is 0.308. The molecule has 0 unspecified atom stereocenters. The molecule has 0 aliphatic rings. The van der Waals surface area contributed by atoms with Crippen molar-refractivity contribution in [1.82, 2.24) is 4.90 Å². The number of rotatable bonds is 5. The third kappa shape index (κ3) is 5.21. The molecule has 0 radical (unpaired) electrons. The zero-order valence-corrected chi connectivity index (χ0v) is 12.8. The lowest BCUT2D eigenvalue weighted by atomic mass is 10.2. The highest BCUT2D eigenvalue weighted by Gasteiger charge is 2.08. The standard InChI is InChI=1S/C13H16BrClN2O/c1-9-6-11(14)4-5-12(9)16-13(18)8-17(3)7-10(2)15/h4-6H,2,7-8H2,1,3H3,(H,16,18). The smallest absolute Gasteiger partial charge is 0.238 e. The number of nitrogens with zero attached hydrogens (tertiary/aromatic N) is 1. The maximum Gasteiger partial charge on any atom is 0.238 e. The maximum absolute atomic E-state index is 11.8. The van der Waals surface area contributed by atoms with Gasteiger partial charge in [0.2, 0.25) is 5.91 Å². The van der Waals surface area contributed by atoms with Gasteiger partial charge < -0.3 is 5.32 Å². The molecule has 1 N–H and O–H groups in total. The van der Waals surface area contributed by atoms with Crippen LogP contribution >= 0.6 is 27.5 Å². The topological polar surface area (TPSA) is 32.3 Å². The maximum atomic E-state index is 11.8. The van der Waals surface area contributed by atoms with Crippen LogP contribution < -0.4 is 5.32 Å². The largest absolute Gasteiger partial charge is 0.325 e. The fourth-order valence-electron chi connectivity index (χ4n) is 1.55. The van der Waals surface area contributed by atoms with Crippen LogP contribution in [0.4, 0.5) is 5.69 Å². The summed E-state index contributed by atoms with van der Waals surface area (Å²) in [6.07, 6.45) is 0. The molecule has 0 saturated carbocycles. The van der Waals surface area contributed by atoms with Crippen LogP contribution in [0.5, 0.6) is 0 Å². The van der Waals surface area contributed by atoms with Gasteiger partial charge in [0.1, 0.15) is 0 Å². The Hall–Kier alpha value is -0.840. The van der Waals surface area contributed by atoms with Crippen LogP contribution in [0, 0.1) is 6.92 Å². The summed E-state index contributed by atoms with van der Waals surface area (Å²) < 4.78 is 0.994. The number of anilines is 1. The molecule has 98 valence electrons. The number of hydrogen-bond donors (Lipinski definition) is 1. The first-order valence-corrected chi connectivity index (χ1v) is 6.63. The highest BCUT2D eigenvalue weighted by Crippen LogP contribution is 2.19. The molecule has 1 aromatic rings. The van der Waals surface area contributed by atoms with E-state index in [1.165, 1.54) is 0 Å². The van der Waals surface area contributed by atoms with Gasteiger partial charge in [-0.2, -0.15) is 0 Å².